The van der Waals surface area contributed by atoms with E-state index in [-0.39, 0.29) is 12.6 Å². The summed E-state index contributed by atoms with van der Waals surface area (Å²) in [6, 6.07) is 16.4. The molecular formula is C19H20ClNO2S. The molecule has 0 bridgehead atoms. The van der Waals surface area contributed by atoms with Crippen molar-refractivity contribution in [2.75, 3.05) is 6.54 Å². The second-order valence-electron chi connectivity index (χ2n) is 6.18. The van der Waals surface area contributed by atoms with Gasteiger partial charge in [-0.15, -0.1) is 0 Å². The third-order valence-corrected chi connectivity index (χ3v) is 6.73. The van der Waals surface area contributed by atoms with Crippen molar-refractivity contribution in [2.24, 2.45) is 0 Å². The zero-order chi connectivity index (χ0) is 17.3. The highest BCUT2D eigenvalue weighted by Gasteiger charge is 2.36. The third-order valence-electron chi connectivity index (χ3n) is 4.42. The van der Waals surface area contributed by atoms with Crippen molar-refractivity contribution in [1.82, 2.24) is 4.31 Å². The van der Waals surface area contributed by atoms with Gasteiger partial charge in [-0.2, -0.15) is 4.31 Å². The van der Waals surface area contributed by atoms with E-state index in [9.17, 15) is 8.42 Å². The molecule has 0 saturated carbocycles. The highest BCUT2D eigenvalue weighted by molar-refractivity contribution is 7.89. The van der Waals surface area contributed by atoms with E-state index in [1.54, 1.807) is 12.1 Å². The Morgan fingerprint density at radius 1 is 1.00 bits per heavy atom. The summed E-state index contributed by atoms with van der Waals surface area (Å²) in [6.45, 7) is 4.12. The van der Waals surface area contributed by atoms with Crippen LogP contribution in [0.3, 0.4) is 0 Å². The Kier molecular flexibility index (Phi) is 4.81. The molecule has 1 aliphatic rings. The largest absolute Gasteiger partial charge is 0.243 e. The van der Waals surface area contributed by atoms with Crippen LogP contribution in [0.4, 0.5) is 0 Å². The van der Waals surface area contributed by atoms with Gasteiger partial charge in [0.2, 0.25) is 10.0 Å². The maximum absolute atomic E-state index is 13.2. The predicted octanol–water partition coefficient (Wildman–Crippen LogP) is 4.64. The zero-order valence-corrected chi connectivity index (χ0v) is 15.3. The first-order valence-electron chi connectivity index (χ1n) is 7.87. The lowest BCUT2D eigenvalue weighted by atomic mass is 9.96. The fourth-order valence-corrected chi connectivity index (χ4v) is 4.80. The summed E-state index contributed by atoms with van der Waals surface area (Å²) in [7, 11) is -3.62. The van der Waals surface area contributed by atoms with Crippen molar-refractivity contribution in [2.45, 2.75) is 31.2 Å². The Morgan fingerprint density at radius 2 is 1.62 bits per heavy atom. The number of benzene rings is 2. The molecule has 0 aliphatic carbocycles. The summed E-state index contributed by atoms with van der Waals surface area (Å²) in [6.07, 6.45) is 0.605. The number of hydrogen-bond donors (Lipinski definition) is 0. The molecule has 0 spiro atoms. The molecule has 1 unspecified atom stereocenters. The van der Waals surface area contributed by atoms with Crippen LogP contribution in [-0.2, 0) is 10.0 Å². The predicted molar refractivity (Wildman–Crippen MR) is 97.4 cm³/mol. The minimum Gasteiger partial charge on any atom is -0.207 e. The Bertz CT molecular complexity index is 858. The molecule has 0 fully saturated rings. The van der Waals surface area contributed by atoms with Gasteiger partial charge in [-0.3, -0.25) is 0 Å². The van der Waals surface area contributed by atoms with E-state index in [0.717, 1.165) is 16.7 Å². The van der Waals surface area contributed by atoms with Crippen LogP contribution in [0.25, 0.3) is 0 Å². The normalized spacial score (nSPS) is 19.5. The molecule has 5 heteroatoms. The van der Waals surface area contributed by atoms with E-state index in [0.29, 0.717) is 16.3 Å². The summed E-state index contributed by atoms with van der Waals surface area (Å²) in [5, 5.41) is 0.609. The monoisotopic (exact) mass is 361 g/mol. The first-order chi connectivity index (χ1) is 11.4. The minimum atomic E-state index is -3.62. The van der Waals surface area contributed by atoms with Crippen molar-refractivity contribution in [3.8, 4) is 0 Å². The van der Waals surface area contributed by atoms with E-state index in [1.165, 1.54) is 4.31 Å². The lowest BCUT2D eigenvalue weighted by Gasteiger charge is -2.35. The summed E-state index contributed by atoms with van der Waals surface area (Å²) >= 11 is 6.31. The highest BCUT2D eigenvalue weighted by atomic mass is 35.5. The summed E-state index contributed by atoms with van der Waals surface area (Å²) < 4.78 is 27.9. The zero-order valence-electron chi connectivity index (χ0n) is 13.7. The number of aryl methyl sites for hydroxylation is 1. The number of rotatable bonds is 3. The molecule has 1 heterocycles. The van der Waals surface area contributed by atoms with Crippen molar-refractivity contribution in [3.05, 3.63) is 76.3 Å². The van der Waals surface area contributed by atoms with E-state index in [2.05, 4.69) is 0 Å². The lowest BCUT2D eigenvalue weighted by molar-refractivity contribution is 0.329. The van der Waals surface area contributed by atoms with E-state index >= 15 is 0 Å². The third kappa shape index (κ3) is 3.27. The molecule has 0 radical (unpaired) electrons. The van der Waals surface area contributed by atoms with Gasteiger partial charge in [-0.25, -0.2) is 8.42 Å². The molecule has 0 saturated heterocycles. The molecule has 2 aromatic carbocycles. The summed E-state index contributed by atoms with van der Waals surface area (Å²) in [5.74, 6) is 0. The first kappa shape index (κ1) is 17.2. The number of hydrogen-bond acceptors (Lipinski definition) is 2. The van der Waals surface area contributed by atoms with Crippen molar-refractivity contribution < 1.29 is 8.42 Å². The molecule has 0 aromatic heterocycles. The van der Waals surface area contributed by atoms with Gasteiger partial charge in [0.25, 0.3) is 0 Å². The SMILES string of the molecule is CC1=C(Cl)CN(S(=O)(=O)c2ccc(C)cc2)C(c2ccccc2)C1. The molecule has 24 heavy (non-hydrogen) atoms. The first-order valence-corrected chi connectivity index (χ1v) is 9.69. The van der Waals surface area contributed by atoms with Crippen LogP contribution in [-0.4, -0.2) is 19.3 Å². The van der Waals surface area contributed by atoms with Gasteiger partial charge < -0.3 is 0 Å². The van der Waals surface area contributed by atoms with Crippen LogP contribution >= 0.6 is 11.6 Å². The molecular weight excluding hydrogens is 342 g/mol. The fourth-order valence-electron chi connectivity index (χ4n) is 2.94. The average Bonchev–Trinajstić information content (AvgIpc) is 2.58. The van der Waals surface area contributed by atoms with Gasteiger partial charge in [0.1, 0.15) is 0 Å². The Hall–Kier alpha value is -1.62. The van der Waals surface area contributed by atoms with Crippen LogP contribution in [0.5, 0.6) is 0 Å². The molecule has 126 valence electrons. The standard InChI is InChI=1S/C19H20ClNO2S/c1-14-8-10-17(11-9-14)24(22,23)21-13-18(20)15(2)12-19(21)16-6-4-3-5-7-16/h3-11,19H,12-13H2,1-2H3. The molecule has 3 rings (SSSR count). The van der Waals surface area contributed by atoms with Crippen LogP contribution in [0.2, 0.25) is 0 Å². The van der Waals surface area contributed by atoms with Crippen molar-refractivity contribution in [3.63, 3.8) is 0 Å². The average molecular weight is 362 g/mol. The quantitative estimate of drug-likeness (QED) is 0.798. The van der Waals surface area contributed by atoms with E-state index in [4.69, 9.17) is 11.6 Å². The maximum Gasteiger partial charge on any atom is 0.243 e. The van der Waals surface area contributed by atoms with Gasteiger partial charge >= 0.3 is 0 Å². The summed E-state index contributed by atoms with van der Waals surface area (Å²) in [5.41, 5.74) is 3.05. The molecule has 2 aromatic rings. The molecule has 1 aliphatic heterocycles. The Labute approximate surface area is 148 Å². The Balaban J connectivity index is 2.06. The summed E-state index contributed by atoms with van der Waals surface area (Å²) in [4.78, 5) is 0.304. The second-order valence-corrected chi connectivity index (χ2v) is 8.53. The minimum absolute atomic E-state index is 0.211. The second kappa shape index (κ2) is 6.71. The van der Waals surface area contributed by atoms with Crippen molar-refractivity contribution in [1.29, 1.82) is 0 Å². The molecule has 3 nitrogen and oxygen atoms in total. The maximum atomic E-state index is 13.2. The topological polar surface area (TPSA) is 37.4 Å². The van der Waals surface area contributed by atoms with Crippen LogP contribution in [0, 0.1) is 6.92 Å². The van der Waals surface area contributed by atoms with E-state index < -0.39 is 10.0 Å². The van der Waals surface area contributed by atoms with Crippen molar-refractivity contribution >= 4 is 21.6 Å². The van der Waals surface area contributed by atoms with E-state index in [1.807, 2.05) is 56.3 Å². The molecule has 0 N–H and O–H groups in total. The highest BCUT2D eigenvalue weighted by Crippen LogP contribution is 2.38. The molecule has 0 amide bonds. The Morgan fingerprint density at radius 3 is 2.25 bits per heavy atom. The fraction of sp³-hybridized carbons (Fsp3) is 0.263. The van der Waals surface area contributed by atoms with Gasteiger partial charge in [-0.1, -0.05) is 65.2 Å². The smallest absolute Gasteiger partial charge is 0.207 e. The van der Waals surface area contributed by atoms with Crippen LogP contribution < -0.4 is 0 Å². The number of nitrogens with zero attached hydrogens (tertiary/aromatic N) is 1. The lowest BCUT2D eigenvalue weighted by Crippen LogP contribution is -2.38. The number of sulfonamides is 1. The van der Waals surface area contributed by atoms with Gasteiger partial charge in [0.15, 0.2) is 0 Å². The van der Waals surface area contributed by atoms with Crippen LogP contribution in [0.1, 0.15) is 30.5 Å². The number of halogens is 1. The van der Waals surface area contributed by atoms with Gasteiger partial charge in [0, 0.05) is 5.03 Å². The van der Waals surface area contributed by atoms with Gasteiger partial charge in [-0.05, 0) is 38.0 Å². The van der Waals surface area contributed by atoms with Crippen LogP contribution in [0.15, 0.2) is 70.1 Å². The van der Waals surface area contributed by atoms with Gasteiger partial charge in [0.05, 0.1) is 17.5 Å². The molecule has 1 atom stereocenters.